The Balaban J connectivity index is 1.60. The van der Waals surface area contributed by atoms with Gasteiger partial charge in [0.15, 0.2) is 5.72 Å². The van der Waals surface area contributed by atoms with Crippen LogP contribution in [0.2, 0.25) is 5.02 Å². The topological polar surface area (TPSA) is 58.6 Å². The highest BCUT2D eigenvalue weighted by Crippen LogP contribution is 2.55. The molecule has 2 N–H and O–H groups in total. The molecule has 2 bridgehead atoms. The van der Waals surface area contributed by atoms with Gasteiger partial charge in [-0.3, -0.25) is 4.79 Å². The third kappa shape index (κ3) is 3.03. The van der Waals surface area contributed by atoms with Crippen molar-refractivity contribution in [3.63, 3.8) is 0 Å². The van der Waals surface area contributed by atoms with Gasteiger partial charge in [0, 0.05) is 28.8 Å². The van der Waals surface area contributed by atoms with Gasteiger partial charge < -0.3 is 15.2 Å². The lowest BCUT2D eigenvalue weighted by atomic mass is 9.64. The molecule has 2 aromatic carbocycles. The lowest BCUT2D eigenvalue weighted by molar-refractivity contribution is -0.140. The minimum Gasteiger partial charge on any atom is -0.507 e. The van der Waals surface area contributed by atoms with E-state index in [1.54, 1.807) is 24.3 Å². The largest absolute Gasteiger partial charge is 0.507 e. The van der Waals surface area contributed by atoms with E-state index in [9.17, 15) is 9.90 Å². The Morgan fingerprint density at radius 3 is 2.79 bits per heavy atom. The Morgan fingerprint density at radius 1 is 1.17 bits per heavy atom. The second-order valence-corrected chi connectivity index (χ2v) is 8.43. The molecule has 3 atom stereocenters. The SMILES string of the molecule is O=C1NC23CCCCC2C(/C1=C(/O)C=Cc1ccc(Cl)cc1)c1ccccc1O3. The van der Waals surface area contributed by atoms with Crippen LogP contribution in [0.4, 0.5) is 0 Å². The van der Waals surface area contributed by atoms with Crippen LogP contribution in [0.3, 0.4) is 0 Å². The third-order valence-electron chi connectivity index (χ3n) is 6.32. The number of amides is 1. The van der Waals surface area contributed by atoms with E-state index in [-0.39, 0.29) is 23.5 Å². The average Bonchev–Trinajstić information content (AvgIpc) is 2.72. The van der Waals surface area contributed by atoms with Crippen LogP contribution in [0.15, 0.2) is 65.9 Å². The van der Waals surface area contributed by atoms with Gasteiger partial charge in [-0.25, -0.2) is 0 Å². The second-order valence-electron chi connectivity index (χ2n) is 8.00. The first-order valence-corrected chi connectivity index (χ1v) is 10.4. The number of piperidine rings is 1. The fourth-order valence-electron chi connectivity index (χ4n) is 5.03. The normalized spacial score (nSPS) is 29.5. The quantitative estimate of drug-likeness (QED) is 0.520. The van der Waals surface area contributed by atoms with E-state index in [1.807, 2.05) is 36.4 Å². The Kier molecular flexibility index (Phi) is 4.39. The van der Waals surface area contributed by atoms with Gasteiger partial charge in [0.25, 0.3) is 5.91 Å². The summed E-state index contributed by atoms with van der Waals surface area (Å²) in [5.41, 5.74) is 1.63. The third-order valence-corrected chi connectivity index (χ3v) is 6.57. The molecule has 0 aromatic heterocycles. The van der Waals surface area contributed by atoms with E-state index in [4.69, 9.17) is 16.3 Å². The first kappa shape index (κ1) is 18.3. The first-order valence-electron chi connectivity index (χ1n) is 10.0. The number of carbonyl (C=O) groups excluding carboxylic acids is 1. The predicted octanol–water partition coefficient (Wildman–Crippen LogP) is 5.36. The minimum absolute atomic E-state index is 0.00155. The van der Waals surface area contributed by atoms with Crippen molar-refractivity contribution in [3.8, 4) is 5.75 Å². The number of benzene rings is 2. The maximum absolute atomic E-state index is 13.1. The Morgan fingerprint density at radius 2 is 1.97 bits per heavy atom. The Labute approximate surface area is 174 Å². The van der Waals surface area contributed by atoms with Crippen LogP contribution in [0.25, 0.3) is 6.08 Å². The minimum atomic E-state index is -0.669. The number of aliphatic hydroxyl groups excluding tert-OH is 1. The molecule has 1 amide bonds. The van der Waals surface area contributed by atoms with E-state index in [0.717, 1.165) is 42.6 Å². The van der Waals surface area contributed by atoms with Gasteiger partial charge in [-0.1, -0.05) is 54.4 Å². The zero-order valence-electron chi connectivity index (χ0n) is 15.9. The number of hydrogen-bond acceptors (Lipinski definition) is 3. The van der Waals surface area contributed by atoms with Crippen molar-refractivity contribution >= 4 is 23.6 Å². The molecule has 5 heteroatoms. The maximum Gasteiger partial charge on any atom is 0.254 e. The van der Waals surface area contributed by atoms with Crippen molar-refractivity contribution in [1.82, 2.24) is 5.32 Å². The van der Waals surface area contributed by atoms with Crippen molar-refractivity contribution < 1.29 is 14.6 Å². The van der Waals surface area contributed by atoms with E-state index in [1.165, 1.54) is 0 Å². The van der Waals surface area contributed by atoms with E-state index < -0.39 is 5.72 Å². The summed E-state index contributed by atoms with van der Waals surface area (Å²) in [7, 11) is 0. The molecule has 1 saturated heterocycles. The molecule has 29 heavy (non-hydrogen) atoms. The lowest BCUT2D eigenvalue weighted by Gasteiger charge is -2.54. The number of fused-ring (bicyclic) bond motifs is 2. The standard InChI is InChI=1S/C24H22ClNO3/c25-16-11-8-15(9-12-16)10-13-19(27)22-21-17-5-1-2-7-20(17)29-24(26-23(22)28)14-4-3-6-18(21)24/h1-2,5,7-13,18,21,27H,3-4,6,14H2,(H,26,28)/b13-10?,22-19-. The van der Waals surface area contributed by atoms with Crippen LogP contribution in [0.5, 0.6) is 5.75 Å². The zero-order chi connectivity index (χ0) is 20.0. The molecule has 4 nitrogen and oxygen atoms in total. The number of halogens is 1. The monoisotopic (exact) mass is 407 g/mol. The molecule has 2 fully saturated rings. The summed E-state index contributed by atoms with van der Waals surface area (Å²) < 4.78 is 6.37. The van der Waals surface area contributed by atoms with Crippen LogP contribution in [-0.4, -0.2) is 16.7 Å². The number of nitrogens with one attached hydrogen (secondary N) is 1. The number of carbonyl (C=O) groups is 1. The molecule has 0 radical (unpaired) electrons. The highest BCUT2D eigenvalue weighted by Gasteiger charge is 2.57. The number of ether oxygens (including phenoxy) is 1. The molecule has 1 saturated carbocycles. The molecular weight excluding hydrogens is 386 g/mol. The van der Waals surface area contributed by atoms with E-state index in [2.05, 4.69) is 5.32 Å². The van der Waals surface area contributed by atoms with Crippen molar-refractivity contribution in [1.29, 1.82) is 0 Å². The van der Waals surface area contributed by atoms with Gasteiger partial charge in [0.2, 0.25) is 0 Å². The molecule has 5 rings (SSSR count). The van der Waals surface area contributed by atoms with Gasteiger partial charge in [-0.15, -0.1) is 0 Å². The van der Waals surface area contributed by atoms with Crippen molar-refractivity contribution in [2.24, 2.45) is 5.92 Å². The molecule has 3 unspecified atom stereocenters. The molecule has 1 aliphatic carbocycles. The summed E-state index contributed by atoms with van der Waals surface area (Å²) in [6, 6.07) is 15.2. The summed E-state index contributed by atoms with van der Waals surface area (Å²) in [4.78, 5) is 13.1. The predicted molar refractivity (Wildman–Crippen MR) is 113 cm³/mol. The molecule has 2 aliphatic heterocycles. The number of rotatable bonds is 2. The van der Waals surface area contributed by atoms with Crippen LogP contribution < -0.4 is 10.1 Å². The molecule has 0 spiro atoms. The summed E-state index contributed by atoms with van der Waals surface area (Å²) >= 11 is 5.94. The molecular formula is C24H22ClNO3. The highest BCUT2D eigenvalue weighted by molar-refractivity contribution is 6.30. The fraction of sp³-hybridized carbons (Fsp3) is 0.292. The van der Waals surface area contributed by atoms with Crippen LogP contribution in [-0.2, 0) is 4.79 Å². The first-order chi connectivity index (χ1) is 14.1. The number of allylic oxidation sites excluding steroid dienone is 1. The zero-order valence-corrected chi connectivity index (χ0v) is 16.7. The van der Waals surface area contributed by atoms with Gasteiger partial charge in [0.1, 0.15) is 11.5 Å². The number of hydrogen-bond donors (Lipinski definition) is 2. The molecule has 2 aromatic rings. The molecule has 3 aliphatic rings. The van der Waals surface area contributed by atoms with Crippen molar-refractivity contribution in [2.75, 3.05) is 0 Å². The van der Waals surface area contributed by atoms with Gasteiger partial charge in [0.05, 0.1) is 5.57 Å². The van der Waals surface area contributed by atoms with Crippen LogP contribution in [0.1, 0.15) is 42.7 Å². The van der Waals surface area contributed by atoms with Gasteiger partial charge in [-0.2, -0.15) is 0 Å². The Hall–Kier alpha value is -2.72. The summed E-state index contributed by atoms with van der Waals surface area (Å²) in [6.07, 6.45) is 7.26. The Bertz CT molecular complexity index is 1030. The summed E-state index contributed by atoms with van der Waals surface area (Å²) in [6.45, 7) is 0. The van der Waals surface area contributed by atoms with Crippen LogP contribution in [0, 0.1) is 5.92 Å². The number of para-hydroxylation sites is 1. The second kappa shape index (κ2) is 6.96. The average molecular weight is 408 g/mol. The lowest BCUT2D eigenvalue weighted by Crippen LogP contribution is -2.66. The van der Waals surface area contributed by atoms with E-state index in [0.29, 0.717) is 10.6 Å². The maximum atomic E-state index is 13.1. The highest BCUT2D eigenvalue weighted by atomic mass is 35.5. The van der Waals surface area contributed by atoms with Crippen LogP contribution >= 0.6 is 11.6 Å². The smallest absolute Gasteiger partial charge is 0.254 e. The van der Waals surface area contributed by atoms with Gasteiger partial charge >= 0.3 is 0 Å². The van der Waals surface area contributed by atoms with Crippen molar-refractivity contribution in [3.05, 3.63) is 82.1 Å². The summed E-state index contributed by atoms with van der Waals surface area (Å²) in [5, 5.41) is 14.7. The van der Waals surface area contributed by atoms with Gasteiger partial charge in [-0.05, 0) is 42.7 Å². The van der Waals surface area contributed by atoms with Crippen molar-refractivity contribution in [2.45, 2.75) is 37.3 Å². The molecule has 2 heterocycles. The fourth-order valence-corrected chi connectivity index (χ4v) is 5.16. The molecule has 148 valence electrons. The van der Waals surface area contributed by atoms with E-state index >= 15 is 0 Å². The summed E-state index contributed by atoms with van der Waals surface area (Å²) in [5.74, 6) is 0.482. The number of aliphatic hydroxyl groups is 1.